The van der Waals surface area contributed by atoms with E-state index < -0.39 is 11.5 Å². The van der Waals surface area contributed by atoms with Gasteiger partial charge < -0.3 is 19.6 Å². The molecule has 0 radical (unpaired) electrons. The fourth-order valence-corrected chi connectivity index (χ4v) is 2.09. The highest BCUT2D eigenvalue weighted by Gasteiger charge is 2.26. The van der Waals surface area contributed by atoms with Gasteiger partial charge in [0, 0.05) is 19.1 Å². The maximum atomic E-state index is 13.0. The van der Waals surface area contributed by atoms with Crippen LogP contribution in [0.2, 0.25) is 0 Å². The number of amides is 1. The molecule has 23 heavy (non-hydrogen) atoms. The second-order valence-electron chi connectivity index (χ2n) is 5.77. The summed E-state index contributed by atoms with van der Waals surface area (Å²) in [7, 11) is 1.46. The van der Waals surface area contributed by atoms with Gasteiger partial charge in [-0.05, 0) is 37.6 Å². The highest BCUT2D eigenvalue weighted by Crippen LogP contribution is 2.27. The molecule has 1 amide bonds. The minimum Gasteiger partial charge on any atom is -0.453 e. The normalized spacial score (nSPS) is 11.5. The van der Waals surface area contributed by atoms with Crippen LogP contribution in [0.1, 0.15) is 41.3 Å². The molecule has 0 spiro atoms. The van der Waals surface area contributed by atoms with Crippen molar-refractivity contribution < 1.29 is 23.4 Å². The first kappa shape index (κ1) is 17.2. The van der Waals surface area contributed by atoms with Gasteiger partial charge in [-0.1, -0.05) is 12.1 Å². The van der Waals surface area contributed by atoms with Crippen molar-refractivity contribution in [2.24, 2.45) is 0 Å². The van der Waals surface area contributed by atoms with E-state index in [1.54, 1.807) is 32.0 Å². The molecule has 6 heteroatoms. The predicted molar refractivity (Wildman–Crippen MR) is 82.5 cm³/mol. The molecule has 1 aromatic heterocycles. The van der Waals surface area contributed by atoms with Gasteiger partial charge in [0.15, 0.2) is 5.76 Å². The first-order valence-electron chi connectivity index (χ1n) is 7.18. The maximum absolute atomic E-state index is 13.0. The van der Waals surface area contributed by atoms with Gasteiger partial charge in [0.2, 0.25) is 0 Å². The van der Waals surface area contributed by atoms with Crippen LogP contribution in [0.25, 0.3) is 0 Å². The topological polar surface area (TPSA) is 71.7 Å². The Morgan fingerprint density at radius 3 is 2.57 bits per heavy atom. The highest BCUT2D eigenvalue weighted by atomic mass is 19.1. The molecule has 0 atom stereocenters. The average molecular weight is 321 g/mol. The number of hydrogen-bond donors (Lipinski definition) is 2. The van der Waals surface area contributed by atoms with Crippen LogP contribution in [-0.4, -0.2) is 24.9 Å². The zero-order valence-corrected chi connectivity index (χ0v) is 13.4. The van der Waals surface area contributed by atoms with Crippen molar-refractivity contribution >= 4 is 5.91 Å². The second kappa shape index (κ2) is 6.93. The summed E-state index contributed by atoms with van der Waals surface area (Å²) in [5.41, 5.74) is 0.231. The van der Waals surface area contributed by atoms with Gasteiger partial charge in [-0.3, -0.25) is 4.79 Å². The Bertz CT molecular complexity index is 671. The van der Waals surface area contributed by atoms with Crippen LogP contribution < -0.4 is 5.32 Å². The van der Waals surface area contributed by atoms with Crippen molar-refractivity contribution in [3.05, 3.63) is 58.8 Å². The summed E-state index contributed by atoms with van der Waals surface area (Å²) in [5.74, 6) is -0.351. The lowest BCUT2D eigenvalue weighted by Crippen LogP contribution is -2.25. The number of carbonyl (C=O) groups excluding carboxylic acids is 1. The van der Waals surface area contributed by atoms with Crippen molar-refractivity contribution in [2.75, 3.05) is 13.8 Å². The number of methoxy groups -OCH3 is 1. The van der Waals surface area contributed by atoms with E-state index in [0.717, 1.165) is 5.56 Å². The molecule has 2 rings (SSSR count). The molecule has 0 aliphatic rings. The van der Waals surface area contributed by atoms with E-state index in [1.165, 1.54) is 19.2 Å². The second-order valence-corrected chi connectivity index (χ2v) is 5.77. The fraction of sp³-hybridized carbons (Fsp3) is 0.353. The Balaban J connectivity index is 2.33. The molecule has 2 aromatic rings. The Morgan fingerprint density at radius 2 is 2.00 bits per heavy atom. The van der Waals surface area contributed by atoms with E-state index in [9.17, 15) is 14.3 Å². The van der Waals surface area contributed by atoms with Crippen molar-refractivity contribution in [3.63, 3.8) is 0 Å². The first-order chi connectivity index (χ1) is 10.8. The van der Waals surface area contributed by atoms with E-state index >= 15 is 0 Å². The molecule has 1 heterocycles. The number of benzene rings is 1. The van der Waals surface area contributed by atoms with Gasteiger partial charge >= 0.3 is 0 Å². The van der Waals surface area contributed by atoms with E-state index in [4.69, 9.17) is 9.15 Å². The summed E-state index contributed by atoms with van der Waals surface area (Å²) in [4.78, 5) is 12.2. The monoisotopic (exact) mass is 321 g/mol. The SMILES string of the molecule is COCNC(=O)c1oc(C(C)(C)O)cc1Cc1ccc(F)cc1. The lowest BCUT2D eigenvalue weighted by molar-refractivity contribution is 0.0518. The highest BCUT2D eigenvalue weighted by molar-refractivity contribution is 5.93. The molecule has 0 bridgehead atoms. The number of aliphatic hydroxyl groups is 1. The molecule has 124 valence electrons. The molecule has 0 aliphatic carbocycles. The van der Waals surface area contributed by atoms with Crippen LogP contribution in [0.4, 0.5) is 4.39 Å². The largest absolute Gasteiger partial charge is 0.453 e. The summed E-state index contributed by atoms with van der Waals surface area (Å²) in [6, 6.07) is 7.64. The number of ether oxygens (including phenoxy) is 1. The minimum atomic E-state index is -1.21. The van der Waals surface area contributed by atoms with Gasteiger partial charge in [0.05, 0.1) is 0 Å². The van der Waals surface area contributed by atoms with Crippen molar-refractivity contribution in [2.45, 2.75) is 25.9 Å². The predicted octanol–water partition coefficient (Wildman–Crippen LogP) is 2.57. The summed E-state index contributed by atoms with van der Waals surface area (Å²) in [6.07, 6.45) is 0.385. The summed E-state index contributed by atoms with van der Waals surface area (Å²) in [6.45, 7) is 3.20. The molecule has 0 saturated carbocycles. The number of hydrogen-bond acceptors (Lipinski definition) is 4. The number of carbonyl (C=O) groups is 1. The van der Waals surface area contributed by atoms with Gasteiger partial charge in [-0.15, -0.1) is 0 Å². The molecule has 2 N–H and O–H groups in total. The summed E-state index contributed by atoms with van der Waals surface area (Å²) < 4.78 is 23.4. The van der Waals surface area contributed by atoms with Crippen LogP contribution in [0.5, 0.6) is 0 Å². The number of nitrogens with one attached hydrogen (secondary N) is 1. The minimum absolute atomic E-state index is 0.0490. The first-order valence-corrected chi connectivity index (χ1v) is 7.18. The van der Waals surface area contributed by atoms with Crippen LogP contribution in [0, 0.1) is 5.82 Å². The number of halogens is 1. The lowest BCUT2D eigenvalue weighted by Gasteiger charge is -2.12. The third kappa shape index (κ3) is 4.40. The Kier molecular flexibility index (Phi) is 5.18. The van der Waals surface area contributed by atoms with Gasteiger partial charge in [0.25, 0.3) is 5.91 Å². The van der Waals surface area contributed by atoms with E-state index in [-0.39, 0.29) is 24.1 Å². The van der Waals surface area contributed by atoms with Crippen LogP contribution in [0.3, 0.4) is 0 Å². The third-order valence-corrected chi connectivity index (χ3v) is 3.30. The van der Waals surface area contributed by atoms with E-state index in [2.05, 4.69) is 5.32 Å². The maximum Gasteiger partial charge on any atom is 0.289 e. The molecule has 1 aromatic carbocycles. The number of furan rings is 1. The van der Waals surface area contributed by atoms with Crippen LogP contribution in [0.15, 0.2) is 34.7 Å². The molecular weight excluding hydrogens is 301 g/mol. The molecule has 0 unspecified atom stereocenters. The fourth-order valence-electron chi connectivity index (χ4n) is 2.09. The molecule has 0 saturated heterocycles. The quantitative estimate of drug-likeness (QED) is 0.802. The summed E-state index contributed by atoms with van der Waals surface area (Å²) >= 11 is 0. The Morgan fingerprint density at radius 1 is 1.35 bits per heavy atom. The molecule has 0 aliphatic heterocycles. The lowest BCUT2D eigenvalue weighted by atomic mass is 10.0. The zero-order chi connectivity index (χ0) is 17.0. The Labute approximate surface area is 134 Å². The van der Waals surface area contributed by atoms with Gasteiger partial charge in [0.1, 0.15) is 23.9 Å². The molecule has 0 fully saturated rings. The van der Waals surface area contributed by atoms with Crippen molar-refractivity contribution in [3.8, 4) is 0 Å². The van der Waals surface area contributed by atoms with E-state index in [1.807, 2.05) is 0 Å². The molecular formula is C17H20FNO4. The van der Waals surface area contributed by atoms with Gasteiger partial charge in [-0.2, -0.15) is 0 Å². The van der Waals surface area contributed by atoms with Crippen LogP contribution in [-0.2, 0) is 16.8 Å². The Hall–Kier alpha value is -2.18. The molecule has 5 nitrogen and oxygen atoms in total. The number of rotatable bonds is 6. The van der Waals surface area contributed by atoms with Gasteiger partial charge in [-0.25, -0.2) is 4.39 Å². The average Bonchev–Trinajstić information content (AvgIpc) is 2.91. The smallest absolute Gasteiger partial charge is 0.289 e. The van der Waals surface area contributed by atoms with Crippen molar-refractivity contribution in [1.82, 2.24) is 5.32 Å². The van der Waals surface area contributed by atoms with Crippen molar-refractivity contribution in [1.29, 1.82) is 0 Å². The standard InChI is InChI=1S/C17H20FNO4/c1-17(2,21)14-9-12(8-11-4-6-13(18)7-5-11)15(23-14)16(20)19-10-22-3/h4-7,9,21H,8,10H2,1-3H3,(H,19,20). The zero-order valence-electron chi connectivity index (χ0n) is 13.4. The van der Waals surface area contributed by atoms with E-state index in [0.29, 0.717) is 12.0 Å². The summed E-state index contributed by atoms with van der Waals surface area (Å²) in [5, 5.41) is 12.6. The third-order valence-electron chi connectivity index (χ3n) is 3.30. The van der Waals surface area contributed by atoms with Crippen LogP contribution >= 0.6 is 0 Å².